The first kappa shape index (κ1) is 14.6. The standard InChI is InChI=1S/C14H18INO3/c15-12-5-4-11(14(17)18)10-13(12)19-9-8-16-6-2-1-3-7-16/h4-5,10H,1-3,6-9H2,(H,17,18). The smallest absolute Gasteiger partial charge is 0.335 e. The Kier molecular flexibility index (Phi) is 5.45. The number of hydrogen-bond acceptors (Lipinski definition) is 3. The van der Waals surface area contributed by atoms with Crippen LogP contribution < -0.4 is 4.74 Å². The number of benzene rings is 1. The van der Waals surface area contributed by atoms with Gasteiger partial charge in [-0.2, -0.15) is 0 Å². The number of piperidine rings is 1. The van der Waals surface area contributed by atoms with E-state index in [0.29, 0.717) is 12.4 Å². The molecule has 4 nitrogen and oxygen atoms in total. The molecule has 1 aliphatic heterocycles. The number of rotatable bonds is 5. The zero-order chi connectivity index (χ0) is 13.7. The molecule has 104 valence electrons. The Hall–Kier alpha value is -0.820. The van der Waals surface area contributed by atoms with Crippen LogP contribution in [0.3, 0.4) is 0 Å². The molecule has 1 aromatic rings. The summed E-state index contributed by atoms with van der Waals surface area (Å²) in [6.07, 6.45) is 3.87. The molecule has 0 spiro atoms. The maximum atomic E-state index is 10.9. The third kappa shape index (κ3) is 4.35. The van der Waals surface area contributed by atoms with Crippen molar-refractivity contribution in [3.8, 4) is 5.75 Å². The zero-order valence-electron chi connectivity index (χ0n) is 10.8. The van der Waals surface area contributed by atoms with Crippen molar-refractivity contribution in [3.63, 3.8) is 0 Å². The quantitative estimate of drug-likeness (QED) is 0.805. The molecule has 0 unspecified atom stereocenters. The molecular weight excluding hydrogens is 357 g/mol. The Labute approximate surface area is 126 Å². The van der Waals surface area contributed by atoms with Crippen molar-refractivity contribution < 1.29 is 14.6 Å². The van der Waals surface area contributed by atoms with Gasteiger partial charge in [-0.3, -0.25) is 4.90 Å². The third-order valence-corrected chi connectivity index (χ3v) is 4.18. The predicted octanol–water partition coefficient (Wildman–Crippen LogP) is 2.85. The largest absolute Gasteiger partial charge is 0.491 e. The lowest BCUT2D eigenvalue weighted by atomic mass is 10.1. The molecule has 0 radical (unpaired) electrons. The molecule has 1 fully saturated rings. The van der Waals surface area contributed by atoms with Crippen LogP contribution in [0.15, 0.2) is 18.2 Å². The number of nitrogens with zero attached hydrogens (tertiary/aromatic N) is 1. The molecule has 0 saturated carbocycles. The fraction of sp³-hybridized carbons (Fsp3) is 0.500. The lowest BCUT2D eigenvalue weighted by Gasteiger charge is -2.26. The van der Waals surface area contributed by atoms with Crippen LogP contribution >= 0.6 is 22.6 Å². The first-order chi connectivity index (χ1) is 9.16. The van der Waals surface area contributed by atoms with Crippen LogP contribution in [0.4, 0.5) is 0 Å². The van der Waals surface area contributed by atoms with Crippen molar-refractivity contribution in [1.82, 2.24) is 4.90 Å². The van der Waals surface area contributed by atoms with Crippen LogP contribution in [-0.4, -0.2) is 42.2 Å². The highest BCUT2D eigenvalue weighted by atomic mass is 127. The van der Waals surface area contributed by atoms with E-state index in [4.69, 9.17) is 9.84 Å². The van der Waals surface area contributed by atoms with E-state index in [1.165, 1.54) is 19.3 Å². The Balaban J connectivity index is 1.87. The van der Waals surface area contributed by atoms with E-state index in [-0.39, 0.29) is 5.56 Å². The average molecular weight is 375 g/mol. The zero-order valence-corrected chi connectivity index (χ0v) is 12.9. The summed E-state index contributed by atoms with van der Waals surface area (Å²) < 4.78 is 6.66. The van der Waals surface area contributed by atoms with Gasteiger partial charge in [0, 0.05) is 6.54 Å². The molecule has 0 bridgehead atoms. The van der Waals surface area contributed by atoms with Crippen LogP contribution in [0.1, 0.15) is 29.6 Å². The van der Waals surface area contributed by atoms with Crippen LogP contribution in [0, 0.1) is 3.57 Å². The molecule has 1 heterocycles. The summed E-state index contributed by atoms with van der Waals surface area (Å²) in [4.78, 5) is 13.3. The maximum Gasteiger partial charge on any atom is 0.335 e. The van der Waals surface area contributed by atoms with Crippen LogP contribution in [0.5, 0.6) is 5.75 Å². The van der Waals surface area contributed by atoms with Crippen molar-refractivity contribution in [1.29, 1.82) is 0 Å². The molecule has 0 aliphatic carbocycles. The number of aromatic carboxylic acids is 1. The van der Waals surface area contributed by atoms with Gasteiger partial charge in [0.2, 0.25) is 0 Å². The molecule has 19 heavy (non-hydrogen) atoms. The Morgan fingerprint density at radius 3 is 2.74 bits per heavy atom. The maximum absolute atomic E-state index is 10.9. The Morgan fingerprint density at radius 2 is 2.05 bits per heavy atom. The number of hydrogen-bond donors (Lipinski definition) is 1. The van der Waals surface area contributed by atoms with Gasteiger partial charge in [0.15, 0.2) is 0 Å². The molecule has 1 N–H and O–H groups in total. The summed E-state index contributed by atoms with van der Waals surface area (Å²) in [5, 5.41) is 8.96. The lowest BCUT2D eigenvalue weighted by Crippen LogP contribution is -2.33. The molecule has 0 aromatic heterocycles. The number of ether oxygens (including phenoxy) is 1. The van der Waals surface area contributed by atoms with E-state index in [0.717, 1.165) is 23.2 Å². The molecule has 1 aromatic carbocycles. The van der Waals surface area contributed by atoms with Crippen molar-refractivity contribution >= 4 is 28.6 Å². The highest BCUT2D eigenvalue weighted by molar-refractivity contribution is 14.1. The van der Waals surface area contributed by atoms with Crippen LogP contribution in [-0.2, 0) is 0 Å². The minimum Gasteiger partial charge on any atom is -0.491 e. The fourth-order valence-corrected chi connectivity index (χ4v) is 2.71. The van der Waals surface area contributed by atoms with E-state index in [9.17, 15) is 4.79 Å². The summed E-state index contributed by atoms with van der Waals surface area (Å²) in [6, 6.07) is 4.97. The second-order valence-corrected chi connectivity index (χ2v) is 5.86. The molecule has 1 saturated heterocycles. The monoisotopic (exact) mass is 375 g/mol. The van der Waals surface area contributed by atoms with Gasteiger partial charge in [0.25, 0.3) is 0 Å². The van der Waals surface area contributed by atoms with Crippen molar-refractivity contribution in [3.05, 3.63) is 27.3 Å². The van der Waals surface area contributed by atoms with E-state index in [1.54, 1.807) is 18.2 Å². The van der Waals surface area contributed by atoms with Crippen molar-refractivity contribution in [2.24, 2.45) is 0 Å². The molecule has 1 aliphatic rings. The second-order valence-electron chi connectivity index (χ2n) is 4.70. The summed E-state index contributed by atoms with van der Waals surface area (Å²) in [6.45, 7) is 3.82. The van der Waals surface area contributed by atoms with Gasteiger partial charge in [-0.25, -0.2) is 4.79 Å². The van der Waals surface area contributed by atoms with Gasteiger partial charge >= 0.3 is 5.97 Å². The molecule has 2 rings (SSSR count). The number of halogens is 1. The first-order valence-corrected chi connectivity index (χ1v) is 7.62. The molecule has 0 atom stereocenters. The van der Waals surface area contributed by atoms with E-state index < -0.39 is 5.97 Å². The SMILES string of the molecule is O=C(O)c1ccc(I)c(OCCN2CCCCC2)c1. The second kappa shape index (κ2) is 7.09. The minimum absolute atomic E-state index is 0.272. The number of carbonyl (C=O) groups is 1. The van der Waals surface area contributed by atoms with Gasteiger partial charge in [-0.05, 0) is 66.7 Å². The van der Waals surface area contributed by atoms with Gasteiger partial charge in [-0.1, -0.05) is 6.42 Å². The van der Waals surface area contributed by atoms with E-state index in [1.807, 2.05) is 0 Å². The summed E-state index contributed by atoms with van der Waals surface area (Å²) >= 11 is 2.16. The summed E-state index contributed by atoms with van der Waals surface area (Å²) in [5.41, 5.74) is 0.272. The predicted molar refractivity (Wildman–Crippen MR) is 81.9 cm³/mol. The first-order valence-electron chi connectivity index (χ1n) is 6.55. The van der Waals surface area contributed by atoms with Crippen molar-refractivity contribution in [2.75, 3.05) is 26.2 Å². The van der Waals surface area contributed by atoms with Gasteiger partial charge in [0.05, 0.1) is 9.13 Å². The highest BCUT2D eigenvalue weighted by Crippen LogP contribution is 2.22. The average Bonchev–Trinajstić information content (AvgIpc) is 2.42. The third-order valence-electron chi connectivity index (χ3n) is 3.29. The molecule has 5 heteroatoms. The summed E-state index contributed by atoms with van der Waals surface area (Å²) in [5.74, 6) is -0.255. The highest BCUT2D eigenvalue weighted by Gasteiger charge is 2.11. The number of carboxylic acids is 1. The van der Waals surface area contributed by atoms with Gasteiger partial charge < -0.3 is 9.84 Å². The fourth-order valence-electron chi connectivity index (χ4n) is 2.21. The molecular formula is C14H18INO3. The lowest BCUT2D eigenvalue weighted by molar-refractivity contribution is 0.0696. The Morgan fingerprint density at radius 1 is 1.32 bits per heavy atom. The minimum atomic E-state index is -0.919. The Bertz CT molecular complexity index is 444. The van der Waals surface area contributed by atoms with Gasteiger partial charge in [-0.15, -0.1) is 0 Å². The van der Waals surface area contributed by atoms with Crippen molar-refractivity contribution in [2.45, 2.75) is 19.3 Å². The topological polar surface area (TPSA) is 49.8 Å². The normalized spacial score (nSPS) is 16.3. The number of likely N-dealkylation sites (tertiary alicyclic amines) is 1. The number of carboxylic acid groups (broad SMARTS) is 1. The van der Waals surface area contributed by atoms with E-state index in [2.05, 4.69) is 27.5 Å². The molecule has 0 amide bonds. The van der Waals surface area contributed by atoms with Crippen LogP contribution in [0.2, 0.25) is 0 Å². The van der Waals surface area contributed by atoms with Crippen LogP contribution in [0.25, 0.3) is 0 Å². The summed E-state index contributed by atoms with van der Waals surface area (Å²) in [7, 11) is 0. The van der Waals surface area contributed by atoms with E-state index >= 15 is 0 Å². The van der Waals surface area contributed by atoms with Gasteiger partial charge in [0.1, 0.15) is 12.4 Å².